The van der Waals surface area contributed by atoms with Crippen molar-refractivity contribution in [3.8, 4) is 11.1 Å². The molecule has 0 spiro atoms. The van der Waals surface area contributed by atoms with Crippen molar-refractivity contribution in [3.63, 3.8) is 0 Å². The summed E-state index contributed by atoms with van der Waals surface area (Å²) in [6, 6.07) is 16.2. The summed E-state index contributed by atoms with van der Waals surface area (Å²) in [5, 5.41) is 14.7. The molecule has 2 aromatic rings. The van der Waals surface area contributed by atoms with Crippen LogP contribution in [0, 0.1) is 5.92 Å². The van der Waals surface area contributed by atoms with Gasteiger partial charge in [-0.25, -0.2) is 9.59 Å². The Hall–Kier alpha value is -3.39. The summed E-state index contributed by atoms with van der Waals surface area (Å²) < 4.78 is 11.1. The van der Waals surface area contributed by atoms with Crippen molar-refractivity contribution >= 4 is 18.0 Å². The third-order valence-electron chi connectivity index (χ3n) is 6.90. The number of aliphatic carboxylic acids is 1. The number of nitrogens with one attached hydrogen (secondary N) is 2. The molecule has 0 bridgehead atoms. The molecule has 8 nitrogen and oxygen atoms in total. The molecule has 8 heteroatoms. The topological polar surface area (TPSA) is 114 Å². The zero-order chi connectivity index (χ0) is 24.3. The number of rotatable bonds is 8. The molecule has 2 aliphatic rings. The quantitative estimate of drug-likeness (QED) is 0.550. The summed E-state index contributed by atoms with van der Waals surface area (Å²) in [7, 11) is 0. The van der Waals surface area contributed by atoms with E-state index >= 15 is 0 Å². The van der Waals surface area contributed by atoms with Crippen LogP contribution in [0.15, 0.2) is 48.5 Å². The monoisotopic (exact) mass is 466 g/mol. The number of amides is 2. The van der Waals surface area contributed by atoms with Gasteiger partial charge in [0, 0.05) is 25.0 Å². The molecule has 2 amide bonds. The van der Waals surface area contributed by atoms with E-state index in [1.54, 1.807) is 6.92 Å². The van der Waals surface area contributed by atoms with Gasteiger partial charge in [0.25, 0.3) is 0 Å². The van der Waals surface area contributed by atoms with E-state index in [1.807, 2.05) is 24.3 Å². The summed E-state index contributed by atoms with van der Waals surface area (Å²) in [4.78, 5) is 36.6. The van der Waals surface area contributed by atoms with Gasteiger partial charge in [-0.3, -0.25) is 4.79 Å². The molecule has 1 aliphatic carbocycles. The molecule has 1 fully saturated rings. The Morgan fingerprint density at radius 1 is 1.09 bits per heavy atom. The van der Waals surface area contributed by atoms with Gasteiger partial charge in [-0.1, -0.05) is 55.5 Å². The van der Waals surface area contributed by atoms with E-state index in [0.717, 1.165) is 22.3 Å². The second-order valence-corrected chi connectivity index (χ2v) is 9.03. The maximum absolute atomic E-state index is 12.7. The minimum atomic E-state index is -1.37. The third-order valence-corrected chi connectivity index (χ3v) is 6.90. The smallest absolute Gasteiger partial charge is 0.407 e. The maximum Gasteiger partial charge on any atom is 0.407 e. The first kappa shape index (κ1) is 23.8. The predicted octanol–water partition coefficient (Wildman–Crippen LogP) is 3.30. The standard InChI is InChI=1S/C26H30N2O6/c1-3-26(2,24(30)31)28-23(29)22-16(12-13-33-22)14-27-25(32)34-15-21-19-10-6-4-8-17(19)18-9-5-7-11-20(18)21/h4-11,16,21-22H,3,12-15H2,1-2H3,(H,27,32)(H,28,29)(H,30,31)/t16-,22-,26?/m0/s1. The summed E-state index contributed by atoms with van der Waals surface area (Å²) >= 11 is 0. The molecule has 1 saturated heterocycles. The number of fused-ring (bicyclic) bond motifs is 3. The lowest BCUT2D eigenvalue weighted by atomic mass is 9.96. The molecule has 180 valence electrons. The van der Waals surface area contributed by atoms with Crippen LogP contribution in [0.5, 0.6) is 0 Å². The Morgan fingerprint density at radius 2 is 1.71 bits per heavy atom. The van der Waals surface area contributed by atoms with Crippen LogP contribution in [0.4, 0.5) is 4.79 Å². The Balaban J connectivity index is 1.32. The molecule has 3 atom stereocenters. The lowest BCUT2D eigenvalue weighted by Crippen LogP contribution is -2.55. The summed E-state index contributed by atoms with van der Waals surface area (Å²) in [5.74, 6) is -1.89. The molecular weight excluding hydrogens is 436 g/mol. The molecule has 2 aromatic carbocycles. The van der Waals surface area contributed by atoms with Gasteiger partial charge in [-0.15, -0.1) is 0 Å². The van der Waals surface area contributed by atoms with Crippen LogP contribution in [0.3, 0.4) is 0 Å². The van der Waals surface area contributed by atoms with E-state index in [9.17, 15) is 19.5 Å². The number of hydrogen-bond donors (Lipinski definition) is 3. The molecule has 0 saturated carbocycles. The zero-order valence-electron chi connectivity index (χ0n) is 19.4. The van der Waals surface area contributed by atoms with Gasteiger partial charge in [0.2, 0.25) is 5.91 Å². The van der Waals surface area contributed by atoms with Crippen molar-refractivity contribution < 1.29 is 29.0 Å². The Kier molecular flexibility index (Phi) is 6.88. The highest BCUT2D eigenvalue weighted by Crippen LogP contribution is 2.44. The molecule has 1 heterocycles. The average molecular weight is 467 g/mol. The second kappa shape index (κ2) is 9.85. The highest BCUT2D eigenvalue weighted by molar-refractivity contribution is 5.89. The first-order valence-corrected chi connectivity index (χ1v) is 11.6. The first-order chi connectivity index (χ1) is 16.3. The van der Waals surface area contributed by atoms with Crippen LogP contribution in [-0.2, 0) is 19.1 Å². The summed E-state index contributed by atoms with van der Waals surface area (Å²) in [6.45, 7) is 3.93. The van der Waals surface area contributed by atoms with Gasteiger partial charge in [0.1, 0.15) is 18.2 Å². The van der Waals surface area contributed by atoms with Crippen molar-refractivity contribution in [1.82, 2.24) is 10.6 Å². The molecule has 0 radical (unpaired) electrons. The Bertz CT molecular complexity index is 1040. The van der Waals surface area contributed by atoms with E-state index < -0.39 is 29.6 Å². The van der Waals surface area contributed by atoms with Crippen molar-refractivity contribution in [2.75, 3.05) is 19.8 Å². The summed E-state index contributed by atoms with van der Waals surface area (Å²) in [6.07, 6.45) is -0.558. The molecule has 1 unspecified atom stereocenters. The highest BCUT2D eigenvalue weighted by Gasteiger charge is 2.40. The molecule has 4 rings (SSSR count). The van der Waals surface area contributed by atoms with Gasteiger partial charge >= 0.3 is 12.1 Å². The Labute approximate surface area is 198 Å². The SMILES string of the molecule is CCC(C)(NC(=O)[C@H]1OCC[C@H]1CNC(=O)OCC1c2ccccc2-c2ccccc21)C(=O)O. The summed E-state index contributed by atoms with van der Waals surface area (Å²) in [5.41, 5.74) is 3.21. The van der Waals surface area contributed by atoms with Crippen LogP contribution in [-0.4, -0.2) is 54.5 Å². The van der Waals surface area contributed by atoms with Crippen molar-refractivity contribution in [3.05, 3.63) is 59.7 Å². The second-order valence-electron chi connectivity index (χ2n) is 9.03. The van der Waals surface area contributed by atoms with E-state index in [0.29, 0.717) is 13.0 Å². The van der Waals surface area contributed by atoms with Crippen LogP contribution < -0.4 is 10.6 Å². The number of carbonyl (C=O) groups is 3. The fraction of sp³-hybridized carbons (Fsp3) is 0.423. The molecule has 3 N–H and O–H groups in total. The van der Waals surface area contributed by atoms with Gasteiger partial charge in [-0.2, -0.15) is 0 Å². The first-order valence-electron chi connectivity index (χ1n) is 11.6. The molecule has 1 aliphatic heterocycles. The minimum absolute atomic E-state index is 0.0331. The molecular formula is C26H30N2O6. The largest absolute Gasteiger partial charge is 0.480 e. The van der Waals surface area contributed by atoms with Gasteiger partial charge in [-0.05, 0) is 42.0 Å². The lowest BCUT2D eigenvalue weighted by Gasteiger charge is -2.27. The van der Waals surface area contributed by atoms with Crippen molar-refractivity contribution in [2.24, 2.45) is 5.92 Å². The number of carboxylic acids is 1. The van der Waals surface area contributed by atoms with Crippen LogP contribution in [0.2, 0.25) is 0 Å². The molecule has 0 aromatic heterocycles. The fourth-order valence-electron chi connectivity index (χ4n) is 4.63. The maximum atomic E-state index is 12.7. The van der Waals surface area contributed by atoms with Gasteiger partial charge in [0.15, 0.2) is 0 Å². The third kappa shape index (κ3) is 4.63. The molecule has 34 heavy (non-hydrogen) atoms. The fourth-order valence-corrected chi connectivity index (χ4v) is 4.63. The van der Waals surface area contributed by atoms with E-state index in [2.05, 4.69) is 34.9 Å². The number of alkyl carbamates (subject to hydrolysis) is 1. The van der Waals surface area contributed by atoms with E-state index in [4.69, 9.17) is 9.47 Å². The van der Waals surface area contributed by atoms with E-state index in [1.165, 1.54) is 6.92 Å². The number of carboxylic acid groups (broad SMARTS) is 1. The van der Waals surface area contributed by atoms with Crippen molar-refractivity contribution in [1.29, 1.82) is 0 Å². The van der Waals surface area contributed by atoms with Gasteiger partial charge in [0.05, 0.1) is 0 Å². The minimum Gasteiger partial charge on any atom is -0.480 e. The number of ether oxygens (including phenoxy) is 2. The number of hydrogen-bond acceptors (Lipinski definition) is 5. The Morgan fingerprint density at radius 3 is 2.29 bits per heavy atom. The predicted molar refractivity (Wildman–Crippen MR) is 125 cm³/mol. The van der Waals surface area contributed by atoms with Crippen LogP contribution >= 0.6 is 0 Å². The number of carbonyl (C=O) groups excluding carboxylic acids is 2. The van der Waals surface area contributed by atoms with Crippen LogP contribution in [0.1, 0.15) is 43.7 Å². The lowest BCUT2D eigenvalue weighted by molar-refractivity contribution is -0.149. The van der Waals surface area contributed by atoms with Crippen LogP contribution in [0.25, 0.3) is 11.1 Å². The van der Waals surface area contributed by atoms with Crippen molar-refractivity contribution in [2.45, 2.75) is 44.2 Å². The highest BCUT2D eigenvalue weighted by atomic mass is 16.5. The normalized spacial score (nSPS) is 20.6. The average Bonchev–Trinajstić information content (AvgIpc) is 3.44. The van der Waals surface area contributed by atoms with Gasteiger partial charge < -0.3 is 25.2 Å². The van der Waals surface area contributed by atoms with E-state index in [-0.39, 0.29) is 31.4 Å². The number of benzene rings is 2. The zero-order valence-corrected chi connectivity index (χ0v) is 19.4.